The van der Waals surface area contributed by atoms with E-state index < -0.39 is 0 Å². The lowest BCUT2D eigenvalue weighted by molar-refractivity contribution is -0.263. The predicted molar refractivity (Wildman–Crippen MR) is 65.9 cm³/mol. The van der Waals surface area contributed by atoms with Crippen molar-refractivity contribution >= 4 is 5.91 Å². The zero-order valence-corrected chi connectivity index (χ0v) is 10.6. The van der Waals surface area contributed by atoms with Crippen LogP contribution >= 0.6 is 0 Å². The van der Waals surface area contributed by atoms with Gasteiger partial charge < -0.3 is 0 Å². The van der Waals surface area contributed by atoms with Crippen LogP contribution in [0.1, 0.15) is 32.8 Å². The number of β-lactam (4-membered cyclic amide) rings is 1. The molecule has 17 heavy (non-hydrogen) atoms. The van der Waals surface area contributed by atoms with Gasteiger partial charge in [-0.2, -0.15) is 0 Å². The topological polar surface area (TPSA) is 29.5 Å². The van der Waals surface area contributed by atoms with Crippen molar-refractivity contribution in [1.82, 2.24) is 5.06 Å². The largest absolute Gasteiger partial charge is 0.272 e. The van der Waals surface area contributed by atoms with E-state index in [0.29, 0.717) is 6.61 Å². The molecule has 1 fully saturated rings. The molecule has 1 amide bonds. The molecule has 2 rings (SSSR count). The smallest absolute Gasteiger partial charge is 0.254 e. The van der Waals surface area contributed by atoms with E-state index in [1.54, 1.807) is 0 Å². The standard InChI is InChI=1S/C14H19NO2/c1-4-14(3)11(2)15(13(14)16)17-10-12-8-6-5-7-9-12/h5-9,11H,4,10H2,1-3H3. The molecule has 1 heterocycles. The number of carbonyl (C=O) groups excluding carboxylic acids is 1. The molecule has 2 unspecified atom stereocenters. The quantitative estimate of drug-likeness (QED) is 0.748. The van der Waals surface area contributed by atoms with Crippen molar-refractivity contribution in [2.75, 3.05) is 0 Å². The van der Waals surface area contributed by atoms with Crippen LogP contribution in [0.4, 0.5) is 0 Å². The van der Waals surface area contributed by atoms with Gasteiger partial charge in [0.25, 0.3) is 5.91 Å². The fourth-order valence-corrected chi connectivity index (χ4v) is 2.13. The summed E-state index contributed by atoms with van der Waals surface area (Å²) in [6.45, 7) is 6.54. The summed E-state index contributed by atoms with van der Waals surface area (Å²) in [5.41, 5.74) is 0.842. The molecule has 3 nitrogen and oxygen atoms in total. The predicted octanol–water partition coefficient (Wildman–Crippen LogP) is 2.77. The number of hydroxylamine groups is 2. The molecule has 92 valence electrons. The minimum atomic E-state index is -0.239. The lowest BCUT2D eigenvalue weighted by Gasteiger charge is -2.51. The van der Waals surface area contributed by atoms with Gasteiger partial charge in [-0.15, -0.1) is 0 Å². The van der Waals surface area contributed by atoms with Crippen molar-refractivity contribution in [3.8, 4) is 0 Å². The molecular formula is C14H19NO2. The Morgan fingerprint density at radius 3 is 2.53 bits per heavy atom. The van der Waals surface area contributed by atoms with Crippen LogP contribution in [0.2, 0.25) is 0 Å². The van der Waals surface area contributed by atoms with Crippen LogP contribution in [0.3, 0.4) is 0 Å². The van der Waals surface area contributed by atoms with Gasteiger partial charge in [-0.3, -0.25) is 9.63 Å². The van der Waals surface area contributed by atoms with E-state index in [0.717, 1.165) is 12.0 Å². The summed E-state index contributed by atoms with van der Waals surface area (Å²) in [4.78, 5) is 17.5. The SMILES string of the molecule is CCC1(C)C(=O)N(OCc2ccccc2)C1C. The highest BCUT2D eigenvalue weighted by Crippen LogP contribution is 2.41. The first-order valence-electron chi connectivity index (χ1n) is 6.10. The number of nitrogens with zero attached hydrogens (tertiary/aromatic N) is 1. The first kappa shape index (κ1) is 12.1. The molecule has 0 saturated carbocycles. The number of amides is 1. The molecule has 3 heteroatoms. The summed E-state index contributed by atoms with van der Waals surface area (Å²) in [5, 5.41) is 1.51. The molecule has 0 aliphatic carbocycles. The van der Waals surface area contributed by atoms with E-state index >= 15 is 0 Å². The fraction of sp³-hybridized carbons (Fsp3) is 0.500. The monoisotopic (exact) mass is 233 g/mol. The highest BCUT2D eigenvalue weighted by molar-refractivity contribution is 5.88. The molecule has 1 aromatic rings. The molecule has 1 aliphatic heterocycles. The van der Waals surface area contributed by atoms with Crippen LogP contribution in [0.25, 0.3) is 0 Å². The van der Waals surface area contributed by atoms with E-state index in [-0.39, 0.29) is 17.4 Å². The van der Waals surface area contributed by atoms with E-state index in [1.165, 1.54) is 5.06 Å². The third-order valence-corrected chi connectivity index (χ3v) is 3.91. The molecule has 1 aliphatic rings. The third-order valence-electron chi connectivity index (χ3n) is 3.91. The zero-order chi connectivity index (χ0) is 12.5. The Balaban J connectivity index is 1.93. The molecule has 1 aromatic carbocycles. The van der Waals surface area contributed by atoms with Crippen molar-refractivity contribution in [3.05, 3.63) is 35.9 Å². The molecule has 1 saturated heterocycles. The number of hydrogen-bond acceptors (Lipinski definition) is 2. The van der Waals surface area contributed by atoms with Crippen molar-refractivity contribution in [2.45, 2.75) is 39.8 Å². The highest BCUT2D eigenvalue weighted by Gasteiger charge is 2.54. The minimum absolute atomic E-state index is 0.100. The van der Waals surface area contributed by atoms with Gasteiger partial charge in [0.15, 0.2) is 0 Å². The third kappa shape index (κ3) is 1.95. The summed E-state index contributed by atoms with van der Waals surface area (Å²) in [7, 11) is 0. The Hall–Kier alpha value is -1.35. The van der Waals surface area contributed by atoms with Crippen LogP contribution in [0.15, 0.2) is 30.3 Å². The Morgan fingerprint density at radius 2 is 2.00 bits per heavy atom. The van der Waals surface area contributed by atoms with Gasteiger partial charge in [-0.25, -0.2) is 5.06 Å². The maximum Gasteiger partial charge on any atom is 0.254 e. The normalized spacial score (nSPS) is 28.1. The molecule has 0 N–H and O–H groups in total. The average molecular weight is 233 g/mol. The zero-order valence-electron chi connectivity index (χ0n) is 10.6. The molecule has 0 radical (unpaired) electrons. The second kappa shape index (κ2) is 4.49. The van der Waals surface area contributed by atoms with Gasteiger partial charge in [0.05, 0.1) is 11.5 Å². The van der Waals surface area contributed by atoms with Gasteiger partial charge in [0.2, 0.25) is 0 Å². The van der Waals surface area contributed by atoms with E-state index in [4.69, 9.17) is 4.84 Å². The summed E-state index contributed by atoms with van der Waals surface area (Å²) >= 11 is 0. The second-order valence-electron chi connectivity index (χ2n) is 4.84. The fourth-order valence-electron chi connectivity index (χ4n) is 2.13. The first-order valence-corrected chi connectivity index (χ1v) is 6.10. The van der Waals surface area contributed by atoms with Gasteiger partial charge in [0.1, 0.15) is 6.61 Å². The number of rotatable bonds is 4. The highest BCUT2D eigenvalue weighted by atomic mass is 16.7. The lowest BCUT2D eigenvalue weighted by Crippen LogP contribution is -2.65. The van der Waals surface area contributed by atoms with Crippen LogP contribution in [0, 0.1) is 5.41 Å². The lowest BCUT2D eigenvalue weighted by atomic mass is 9.72. The molecule has 0 bridgehead atoms. The van der Waals surface area contributed by atoms with Crippen LogP contribution < -0.4 is 0 Å². The van der Waals surface area contributed by atoms with Crippen molar-refractivity contribution in [3.63, 3.8) is 0 Å². The first-order chi connectivity index (χ1) is 8.09. The summed E-state index contributed by atoms with van der Waals surface area (Å²) in [6.07, 6.45) is 0.859. The Labute approximate surface area is 102 Å². The number of hydrogen-bond donors (Lipinski definition) is 0. The van der Waals surface area contributed by atoms with E-state index in [1.807, 2.05) is 51.1 Å². The van der Waals surface area contributed by atoms with Crippen molar-refractivity contribution in [2.24, 2.45) is 5.41 Å². The Morgan fingerprint density at radius 1 is 1.35 bits per heavy atom. The Kier molecular flexibility index (Phi) is 3.20. The van der Waals surface area contributed by atoms with Gasteiger partial charge in [-0.1, -0.05) is 37.3 Å². The maximum absolute atomic E-state index is 11.9. The van der Waals surface area contributed by atoms with Crippen molar-refractivity contribution in [1.29, 1.82) is 0 Å². The van der Waals surface area contributed by atoms with Gasteiger partial charge in [-0.05, 0) is 25.8 Å². The molecule has 2 atom stereocenters. The van der Waals surface area contributed by atoms with Crippen LogP contribution in [-0.2, 0) is 16.2 Å². The van der Waals surface area contributed by atoms with Crippen LogP contribution in [0.5, 0.6) is 0 Å². The molecule has 0 spiro atoms. The second-order valence-corrected chi connectivity index (χ2v) is 4.84. The number of carbonyl (C=O) groups is 1. The Bertz CT molecular complexity index is 404. The summed E-state index contributed by atoms with van der Waals surface area (Å²) in [5.74, 6) is 0.100. The van der Waals surface area contributed by atoms with Gasteiger partial charge >= 0.3 is 0 Å². The summed E-state index contributed by atoms with van der Waals surface area (Å²) < 4.78 is 0. The summed E-state index contributed by atoms with van der Waals surface area (Å²) in [6, 6.07) is 10.0. The van der Waals surface area contributed by atoms with E-state index in [9.17, 15) is 4.79 Å². The number of benzene rings is 1. The average Bonchev–Trinajstić information content (AvgIpc) is 2.39. The van der Waals surface area contributed by atoms with Gasteiger partial charge in [0, 0.05) is 0 Å². The maximum atomic E-state index is 11.9. The molecular weight excluding hydrogens is 214 g/mol. The van der Waals surface area contributed by atoms with Crippen molar-refractivity contribution < 1.29 is 9.63 Å². The van der Waals surface area contributed by atoms with E-state index in [2.05, 4.69) is 0 Å². The minimum Gasteiger partial charge on any atom is -0.272 e. The van der Waals surface area contributed by atoms with Crippen LogP contribution in [-0.4, -0.2) is 17.0 Å². The molecule has 0 aromatic heterocycles.